The van der Waals surface area contributed by atoms with Crippen molar-refractivity contribution in [3.05, 3.63) is 33.2 Å². The predicted octanol–water partition coefficient (Wildman–Crippen LogP) is 1.21. The second-order valence-corrected chi connectivity index (χ2v) is 6.36. The largest absolute Gasteiger partial charge is 0.467 e. The molecule has 7 heteroatoms. The Kier molecular flexibility index (Phi) is 5.54. The number of hydrogen-bond donors (Lipinski definition) is 2. The van der Waals surface area contributed by atoms with Crippen molar-refractivity contribution in [2.24, 2.45) is 5.92 Å². The van der Waals surface area contributed by atoms with E-state index in [1.807, 2.05) is 13.8 Å². The summed E-state index contributed by atoms with van der Waals surface area (Å²) in [6.07, 6.45) is 2.08. The van der Waals surface area contributed by atoms with E-state index in [1.54, 1.807) is 0 Å². The summed E-state index contributed by atoms with van der Waals surface area (Å²) >= 11 is 0. The maximum absolute atomic E-state index is 12.4. The van der Waals surface area contributed by atoms with Crippen LogP contribution in [-0.4, -0.2) is 35.8 Å². The Bertz CT molecular complexity index is 720. The molecule has 2 rings (SSSR count). The first kappa shape index (κ1) is 17.9. The lowest BCUT2D eigenvalue weighted by Gasteiger charge is -2.19. The maximum atomic E-state index is 12.4. The topological polar surface area (TPSA) is 105 Å². The third-order valence-corrected chi connectivity index (χ3v) is 4.00. The normalized spacial score (nSPS) is 14.9. The van der Waals surface area contributed by atoms with Crippen LogP contribution < -0.4 is 10.9 Å². The fraction of sp³-hybridized carbons (Fsp3) is 0.529. The molecule has 1 aliphatic rings. The minimum atomic E-state index is -0.839. The summed E-state index contributed by atoms with van der Waals surface area (Å²) < 4.78 is 4.69. The second-order valence-electron chi connectivity index (χ2n) is 6.36. The summed E-state index contributed by atoms with van der Waals surface area (Å²) in [6.45, 7) is 3.82. The number of nitrogens with one attached hydrogen (secondary N) is 2. The van der Waals surface area contributed by atoms with Crippen molar-refractivity contribution in [1.82, 2.24) is 10.3 Å². The number of carbonyl (C=O) groups is 3. The Morgan fingerprint density at radius 3 is 2.62 bits per heavy atom. The third-order valence-electron chi connectivity index (χ3n) is 4.00. The molecule has 1 atom stereocenters. The molecule has 24 heavy (non-hydrogen) atoms. The van der Waals surface area contributed by atoms with Crippen LogP contribution in [0.15, 0.2) is 10.9 Å². The van der Waals surface area contributed by atoms with Crippen molar-refractivity contribution < 1.29 is 19.1 Å². The quantitative estimate of drug-likeness (QED) is 0.788. The number of methoxy groups -OCH3 is 1. The number of H-pyrrole nitrogens is 1. The molecule has 0 fully saturated rings. The monoisotopic (exact) mass is 334 g/mol. The zero-order valence-electron chi connectivity index (χ0n) is 14.1. The van der Waals surface area contributed by atoms with E-state index < -0.39 is 23.5 Å². The summed E-state index contributed by atoms with van der Waals surface area (Å²) in [5.74, 6) is -1.19. The smallest absolute Gasteiger partial charge is 0.328 e. The van der Waals surface area contributed by atoms with Gasteiger partial charge in [0.1, 0.15) is 11.6 Å². The number of pyridine rings is 1. The van der Waals surface area contributed by atoms with Gasteiger partial charge in [0.05, 0.1) is 7.11 Å². The number of aromatic amines is 1. The number of carbonyl (C=O) groups excluding carboxylic acids is 3. The van der Waals surface area contributed by atoms with Gasteiger partial charge in [0.25, 0.3) is 11.5 Å². The van der Waals surface area contributed by atoms with Crippen molar-refractivity contribution in [2.75, 3.05) is 7.11 Å². The highest BCUT2D eigenvalue weighted by molar-refractivity contribution is 6.02. The minimum absolute atomic E-state index is 0.0896. The number of aromatic nitrogens is 1. The number of amides is 1. The highest BCUT2D eigenvalue weighted by Gasteiger charge is 2.26. The number of ether oxygens (including phenoxy) is 1. The Morgan fingerprint density at radius 2 is 2.00 bits per heavy atom. The van der Waals surface area contributed by atoms with Gasteiger partial charge in [-0.15, -0.1) is 0 Å². The van der Waals surface area contributed by atoms with Crippen LogP contribution in [0.3, 0.4) is 0 Å². The summed E-state index contributed by atoms with van der Waals surface area (Å²) in [6, 6.07) is 0.489. The van der Waals surface area contributed by atoms with E-state index in [9.17, 15) is 19.2 Å². The van der Waals surface area contributed by atoms with Crippen LogP contribution >= 0.6 is 0 Å². The Hall–Kier alpha value is -2.44. The molecule has 0 radical (unpaired) electrons. The van der Waals surface area contributed by atoms with Crippen LogP contribution in [0.2, 0.25) is 0 Å². The molecule has 1 unspecified atom stereocenters. The van der Waals surface area contributed by atoms with Gasteiger partial charge >= 0.3 is 5.97 Å². The van der Waals surface area contributed by atoms with Crippen LogP contribution in [0.4, 0.5) is 0 Å². The first-order chi connectivity index (χ1) is 11.3. The average Bonchev–Trinajstić information content (AvgIpc) is 2.52. The van der Waals surface area contributed by atoms with Crippen LogP contribution in [0.1, 0.15) is 59.5 Å². The molecular weight excluding hydrogens is 312 g/mol. The van der Waals surface area contributed by atoms with E-state index >= 15 is 0 Å². The van der Waals surface area contributed by atoms with Gasteiger partial charge in [-0.1, -0.05) is 13.8 Å². The van der Waals surface area contributed by atoms with Gasteiger partial charge in [-0.25, -0.2) is 4.79 Å². The molecule has 0 bridgehead atoms. The minimum Gasteiger partial charge on any atom is -0.467 e. The molecule has 0 saturated heterocycles. The van der Waals surface area contributed by atoms with Gasteiger partial charge in [-0.3, -0.25) is 14.4 Å². The van der Waals surface area contributed by atoms with E-state index in [0.717, 1.165) is 0 Å². The average molecular weight is 334 g/mol. The molecule has 1 aromatic heterocycles. The number of rotatable bonds is 5. The van der Waals surface area contributed by atoms with Crippen LogP contribution in [0, 0.1) is 5.92 Å². The summed E-state index contributed by atoms with van der Waals surface area (Å²) in [5.41, 5.74) is 0.222. The number of Topliss-reactive ketones (excluding diaryl/α,β-unsaturated/α-hetero) is 1. The van der Waals surface area contributed by atoms with Crippen molar-refractivity contribution >= 4 is 17.7 Å². The summed E-state index contributed by atoms with van der Waals surface area (Å²) in [4.78, 5) is 50.9. The fourth-order valence-corrected chi connectivity index (χ4v) is 2.81. The molecule has 1 aromatic rings. The lowest BCUT2D eigenvalue weighted by Crippen LogP contribution is -2.44. The summed E-state index contributed by atoms with van der Waals surface area (Å²) in [7, 11) is 1.24. The maximum Gasteiger partial charge on any atom is 0.328 e. The van der Waals surface area contributed by atoms with E-state index in [1.165, 1.54) is 13.2 Å². The van der Waals surface area contributed by atoms with Crippen molar-refractivity contribution in [1.29, 1.82) is 0 Å². The first-order valence-corrected chi connectivity index (χ1v) is 8.01. The van der Waals surface area contributed by atoms with Crippen molar-refractivity contribution in [3.63, 3.8) is 0 Å². The van der Waals surface area contributed by atoms with Crippen molar-refractivity contribution in [2.45, 2.75) is 45.6 Å². The lowest BCUT2D eigenvalue weighted by molar-refractivity contribution is -0.143. The SMILES string of the molecule is COC(=O)C(CC(C)C)NC(=O)c1cc2c([nH]c1=O)CCCC2=O. The van der Waals surface area contributed by atoms with E-state index in [0.29, 0.717) is 36.9 Å². The van der Waals surface area contributed by atoms with Crippen molar-refractivity contribution in [3.8, 4) is 0 Å². The molecule has 1 aliphatic carbocycles. The van der Waals surface area contributed by atoms with Gasteiger partial charge in [-0.2, -0.15) is 0 Å². The third kappa shape index (κ3) is 3.90. The standard InChI is InChI=1S/C17H22N2O5/c1-9(2)7-13(17(23)24-3)19-16(22)11-8-10-12(18-15(11)21)5-4-6-14(10)20/h8-9,13H,4-7H2,1-3H3,(H,18,21)(H,19,22). The summed E-state index contributed by atoms with van der Waals surface area (Å²) in [5, 5.41) is 2.53. The van der Waals surface area contributed by atoms with Gasteiger partial charge in [0.15, 0.2) is 5.78 Å². The zero-order chi connectivity index (χ0) is 17.9. The van der Waals surface area contributed by atoms with Crippen LogP contribution in [0.5, 0.6) is 0 Å². The molecule has 1 heterocycles. The van der Waals surface area contributed by atoms with E-state index in [2.05, 4.69) is 10.3 Å². The van der Waals surface area contributed by atoms with Gasteiger partial charge in [0, 0.05) is 17.7 Å². The molecule has 2 N–H and O–H groups in total. The Balaban J connectivity index is 2.28. The van der Waals surface area contributed by atoms with Gasteiger partial charge < -0.3 is 15.0 Å². The number of ketones is 1. The molecule has 0 aromatic carbocycles. The molecule has 1 amide bonds. The van der Waals surface area contributed by atoms with E-state index in [-0.39, 0.29) is 17.3 Å². The molecule has 7 nitrogen and oxygen atoms in total. The lowest BCUT2D eigenvalue weighted by atomic mass is 9.93. The van der Waals surface area contributed by atoms with Crippen LogP contribution in [-0.2, 0) is 16.0 Å². The zero-order valence-corrected chi connectivity index (χ0v) is 14.1. The number of hydrogen-bond acceptors (Lipinski definition) is 5. The fourth-order valence-electron chi connectivity index (χ4n) is 2.81. The highest BCUT2D eigenvalue weighted by atomic mass is 16.5. The number of fused-ring (bicyclic) bond motifs is 1. The molecular formula is C17H22N2O5. The molecule has 130 valence electrons. The Morgan fingerprint density at radius 1 is 1.29 bits per heavy atom. The van der Waals surface area contributed by atoms with Gasteiger partial charge in [0.2, 0.25) is 0 Å². The second kappa shape index (κ2) is 7.42. The van der Waals surface area contributed by atoms with E-state index in [4.69, 9.17) is 4.74 Å². The predicted molar refractivity (Wildman–Crippen MR) is 87.1 cm³/mol. The molecule has 0 spiro atoms. The molecule has 0 aliphatic heterocycles. The first-order valence-electron chi connectivity index (χ1n) is 8.01. The van der Waals surface area contributed by atoms with Crippen LogP contribution in [0.25, 0.3) is 0 Å². The number of esters is 1. The molecule has 0 saturated carbocycles. The van der Waals surface area contributed by atoms with Gasteiger partial charge in [-0.05, 0) is 31.2 Å². The highest BCUT2D eigenvalue weighted by Crippen LogP contribution is 2.19. The number of aryl methyl sites for hydroxylation is 1. The Labute approximate surface area is 139 Å².